The SMILES string of the molecule is Cc1nc(Nc2ccc(NC(=O)Cc3ccccc3)cc2)cc(-n2cccn2)n1. The minimum atomic E-state index is -0.0489. The molecule has 0 aliphatic heterocycles. The Morgan fingerprint density at radius 1 is 0.966 bits per heavy atom. The Bertz CT molecular complexity index is 1090. The van der Waals surface area contributed by atoms with Crippen molar-refractivity contribution in [1.82, 2.24) is 19.7 Å². The van der Waals surface area contributed by atoms with Gasteiger partial charge in [-0.3, -0.25) is 4.79 Å². The van der Waals surface area contributed by atoms with E-state index < -0.39 is 0 Å². The maximum atomic E-state index is 12.2. The molecule has 4 aromatic rings. The highest BCUT2D eigenvalue weighted by molar-refractivity contribution is 5.92. The highest BCUT2D eigenvalue weighted by Crippen LogP contribution is 2.19. The fraction of sp³-hybridized carbons (Fsp3) is 0.0909. The molecule has 0 aliphatic rings. The van der Waals surface area contributed by atoms with Gasteiger partial charge in [-0.05, 0) is 42.8 Å². The first-order chi connectivity index (χ1) is 14.2. The number of nitrogens with zero attached hydrogens (tertiary/aromatic N) is 4. The van der Waals surface area contributed by atoms with E-state index in [2.05, 4.69) is 25.7 Å². The molecule has 0 saturated heterocycles. The Balaban J connectivity index is 1.41. The fourth-order valence-corrected chi connectivity index (χ4v) is 2.91. The summed E-state index contributed by atoms with van der Waals surface area (Å²) in [4.78, 5) is 21.0. The van der Waals surface area contributed by atoms with Gasteiger partial charge in [-0.2, -0.15) is 5.10 Å². The first kappa shape index (κ1) is 18.4. The summed E-state index contributed by atoms with van der Waals surface area (Å²) < 4.78 is 1.69. The van der Waals surface area contributed by atoms with E-state index in [1.165, 1.54) is 0 Å². The van der Waals surface area contributed by atoms with Crippen LogP contribution in [0.4, 0.5) is 17.2 Å². The van der Waals surface area contributed by atoms with Crippen LogP contribution in [0.15, 0.2) is 79.1 Å². The predicted octanol–water partition coefficient (Wildman–Crippen LogP) is 3.90. The van der Waals surface area contributed by atoms with Crippen LogP contribution in [0.3, 0.4) is 0 Å². The lowest BCUT2D eigenvalue weighted by molar-refractivity contribution is -0.115. The van der Waals surface area contributed by atoms with Crippen LogP contribution in [0.1, 0.15) is 11.4 Å². The second-order valence-corrected chi connectivity index (χ2v) is 6.52. The molecule has 0 atom stereocenters. The van der Waals surface area contributed by atoms with Gasteiger partial charge >= 0.3 is 0 Å². The highest BCUT2D eigenvalue weighted by Gasteiger charge is 2.06. The van der Waals surface area contributed by atoms with Crippen molar-refractivity contribution in [3.8, 4) is 5.82 Å². The number of anilines is 3. The van der Waals surface area contributed by atoms with Gasteiger partial charge in [0, 0.05) is 29.8 Å². The molecule has 0 unspecified atom stereocenters. The van der Waals surface area contributed by atoms with Crippen molar-refractivity contribution in [3.05, 3.63) is 90.5 Å². The lowest BCUT2D eigenvalue weighted by Gasteiger charge is -2.10. The van der Waals surface area contributed by atoms with Gasteiger partial charge < -0.3 is 10.6 Å². The van der Waals surface area contributed by atoms with E-state index in [1.807, 2.05) is 79.9 Å². The van der Waals surface area contributed by atoms with Crippen molar-refractivity contribution in [1.29, 1.82) is 0 Å². The van der Waals surface area contributed by atoms with Crippen LogP contribution in [0.5, 0.6) is 0 Å². The number of aromatic nitrogens is 4. The van der Waals surface area contributed by atoms with E-state index in [0.717, 1.165) is 16.9 Å². The molecule has 2 N–H and O–H groups in total. The molecule has 2 aromatic carbocycles. The molecule has 0 spiro atoms. The Kier molecular flexibility index (Phi) is 5.29. The topological polar surface area (TPSA) is 84.7 Å². The van der Waals surface area contributed by atoms with Crippen LogP contribution >= 0.6 is 0 Å². The number of hydrogen-bond acceptors (Lipinski definition) is 5. The fourth-order valence-electron chi connectivity index (χ4n) is 2.91. The third-order valence-electron chi connectivity index (χ3n) is 4.21. The molecule has 144 valence electrons. The van der Waals surface area contributed by atoms with E-state index in [-0.39, 0.29) is 5.91 Å². The van der Waals surface area contributed by atoms with E-state index in [4.69, 9.17) is 0 Å². The third-order valence-corrected chi connectivity index (χ3v) is 4.21. The Morgan fingerprint density at radius 3 is 2.45 bits per heavy atom. The van der Waals surface area contributed by atoms with Gasteiger partial charge in [-0.15, -0.1) is 0 Å². The smallest absolute Gasteiger partial charge is 0.228 e. The summed E-state index contributed by atoms with van der Waals surface area (Å²) in [5.74, 6) is 1.95. The predicted molar refractivity (Wildman–Crippen MR) is 112 cm³/mol. The molecule has 2 aromatic heterocycles. The molecule has 29 heavy (non-hydrogen) atoms. The van der Waals surface area contributed by atoms with Crippen LogP contribution in [0, 0.1) is 6.92 Å². The van der Waals surface area contributed by atoms with Crippen molar-refractivity contribution in [2.75, 3.05) is 10.6 Å². The molecular weight excluding hydrogens is 364 g/mol. The van der Waals surface area contributed by atoms with Crippen molar-refractivity contribution >= 4 is 23.1 Å². The zero-order chi connectivity index (χ0) is 20.1. The summed E-state index contributed by atoms with van der Waals surface area (Å²) in [5.41, 5.74) is 2.58. The van der Waals surface area contributed by atoms with Crippen molar-refractivity contribution < 1.29 is 4.79 Å². The average Bonchev–Trinajstić information content (AvgIpc) is 3.25. The number of hydrogen-bond donors (Lipinski definition) is 2. The van der Waals surface area contributed by atoms with E-state index >= 15 is 0 Å². The lowest BCUT2D eigenvalue weighted by Crippen LogP contribution is -2.14. The minimum absolute atomic E-state index is 0.0489. The number of aryl methyl sites for hydroxylation is 1. The number of benzene rings is 2. The summed E-state index contributed by atoms with van der Waals surface area (Å²) in [6, 6.07) is 20.8. The highest BCUT2D eigenvalue weighted by atomic mass is 16.1. The van der Waals surface area contributed by atoms with Crippen LogP contribution in [0.25, 0.3) is 5.82 Å². The third kappa shape index (κ3) is 4.84. The summed E-state index contributed by atoms with van der Waals surface area (Å²) in [6.45, 7) is 1.84. The van der Waals surface area contributed by atoms with Gasteiger partial charge in [0.15, 0.2) is 5.82 Å². The standard InChI is InChI=1S/C22H20N6O/c1-16-24-20(15-21(25-16)28-13-5-12-23-28)26-18-8-10-19(11-9-18)27-22(29)14-17-6-3-2-4-7-17/h2-13,15H,14H2,1H3,(H,27,29)(H,24,25,26). The number of nitrogens with one attached hydrogen (secondary N) is 2. The van der Waals surface area contributed by atoms with E-state index in [1.54, 1.807) is 10.9 Å². The molecule has 0 radical (unpaired) electrons. The van der Waals surface area contributed by atoms with Gasteiger partial charge in [0.25, 0.3) is 0 Å². The molecular formula is C22H20N6O. The zero-order valence-electron chi connectivity index (χ0n) is 15.9. The molecule has 1 amide bonds. The normalized spacial score (nSPS) is 10.5. The molecule has 7 nitrogen and oxygen atoms in total. The van der Waals surface area contributed by atoms with Gasteiger partial charge in [0.05, 0.1) is 6.42 Å². The Morgan fingerprint density at radius 2 is 1.72 bits per heavy atom. The molecule has 2 heterocycles. The summed E-state index contributed by atoms with van der Waals surface area (Å²) >= 11 is 0. The molecule has 7 heteroatoms. The summed E-state index contributed by atoms with van der Waals surface area (Å²) in [6.07, 6.45) is 3.88. The maximum absolute atomic E-state index is 12.2. The lowest BCUT2D eigenvalue weighted by atomic mass is 10.1. The van der Waals surface area contributed by atoms with Crippen LogP contribution in [0.2, 0.25) is 0 Å². The molecule has 4 rings (SSSR count). The van der Waals surface area contributed by atoms with Crippen molar-refractivity contribution in [2.24, 2.45) is 0 Å². The van der Waals surface area contributed by atoms with Gasteiger partial charge in [0.2, 0.25) is 5.91 Å². The number of carbonyl (C=O) groups is 1. The largest absolute Gasteiger partial charge is 0.340 e. The summed E-state index contributed by atoms with van der Waals surface area (Å²) in [5, 5.41) is 10.4. The first-order valence-electron chi connectivity index (χ1n) is 9.22. The van der Waals surface area contributed by atoms with E-state index in [9.17, 15) is 4.79 Å². The number of amides is 1. The van der Waals surface area contributed by atoms with Gasteiger partial charge in [0.1, 0.15) is 11.6 Å². The molecule has 0 saturated carbocycles. The Labute approximate surface area is 168 Å². The maximum Gasteiger partial charge on any atom is 0.228 e. The quantitative estimate of drug-likeness (QED) is 0.527. The van der Waals surface area contributed by atoms with Crippen molar-refractivity contribution in [2.45, 2.75) is 13.3 Å². The average molecular weight is 384 g/mol. The zero-order valence-corrected chi connectivity index (χ0v) is 15.9. The number of rotatable bonds is 6. The van der Waals surface area contributed by atoms with Gasteiger partial charge in [-0.1, -0.05) is 30.3 Å². The summed E-state index contributed by atoms with van der Waals surface area (Å²) in [7, 11) is 0. The molecule has 0 aliphatic carbocycles. The monoisotopic (exact) mass is 384 g/mol. The second-order valence-electron chi connectivity index (χ2n) is 6.52. The Hall–Kier alpha value is -4.00. The first-order valence-corrected chi connectivity index (χ1v) is 9.22. The van der Waals surface area contributed by atoms with Gasteiger partial charge in [-0.25, -0.2) is 14.6 Å². The minimum Gasteiger partial charge on any atom is -0.340 e. The van der Waals surface area contributed by atoms with Crippen LogP contribution in [-0.2, 0) is 11.2 Å². The number of carbonyl (C=O) groups excluding carboxylic acids is 1. The second kappa shape index (κ2) is 8.35. The van der Waals surface area contributed by atoms with Crippen molar-refractivity contribution in [3.63, 3.8) is 0 Å². The van der Waals surface area contributed by atoms with Crippen LogP contribution < -0.4 is 10.6 Å². The van der Waals surface area contributed by atoms with E-state index in [0.29, 0.717) is 23.9 Å². The molecule has 0 bridgehead atoms. The van der Waals surface area contributed by atoms with Crippen LogP contribution in [-0.4, -0.2) is 25.7 Å². The molecule has 0 fully saturated rings.